The summed E-state index contributed by atoms with van der Waals surface area (Å²) in [5, 5.41) is 3.22. The maximum atomic E-state index is 12.0. The fourth-order valence-corrected chi connectivity index (χ4v) is 5.47. The topological polar surface area (TPSA) is 38.3 Å². The molecule has 0 fully saturated rings. The fourth-order valence-electron chi connectivity index (χ4n) is 2.57. The number of rotatable bonds is 7. The Kier molecular flexibility index (Phi) is 7.54. The summed E-state index contributed by atoms with van der Waals surface area (Å²) in [6.45, 7) is 14.9. The van der Waals surface area contributed by atoms with Gasteiger partial charge in [-0.15, -0.1) is 0 Å². The van der Waals surface area contributed by atoms with Crippen molar-refractivity contribution in [2.45, 2.75) is 69.1 Å². The van der Waals surface area contributed by atoms with Crippen LogP contribution in [-0.4, -0.2) is 19.7 Å². The van der Waals surface area contributed by atoms with E-state index in [-0.39, 0.29) is 22.4 Å². The highest BCUT2D eigenvalue weighted by atomic mass is 32.2. The third-order valence-electron chi connectivity index (χ3n) is 5.28. The van der Waals surface area contributed by atoms with Crippen molar-refractivity contribution < 1.29 is 9.22 Å². The van der Waals surface area contributed by atoms with Crippen molar-refractivity contribution in [3.8, 4) is 0 Å². The van der Waals surface area contributed by atoms with E-state index in [4.69, 9.17) is 4.43 Å². The lowest BCUT2D eigenvalue weighted by Crippen LogP contribution is -2.47. The van der Waals surface area contributed by atoms with Crippen molar-refractivity contribution in [3.63, 3.8) is 0 Å². The molecule has 0 aliphatic heterocycles. The van der Waals surface area contributed by atoms with Crippen LogP contribution >= 0.6 is 11.8 Å². The van der Waals surface area contributed by atoms with Crippen molar-refractivity contribution in [1.82, 2.24) is 5.32 Å². The van der Waals surface area contributed by atoms with Crippen molar-refractivity contribution in [1.29, 1.82) is 0 Å². The van der Waals surface area contributed by atoms with E-state index in [1.54, 1.807) is 18.7 Å². The first-order valence-electron chi connectivity index (χ1n) is 9.73. The molecule has 5 heteroatoms. The number of benzene rings is 2. The summed E-state index contributed by atoms with van der Waals surface area (Å²) >= 11 is 1.68. The lowest BCUT2D eigenvalue weighted by molar-refractivity contribution is -0.120. The summed E-state index contributed by atoms with van der Waals surface area (Å²) < 4.78 is 6.84. The average molecular weight is 416 g/mol. The molecule has 0 saturated heterocycles. The summed E-state index contributed by atoms with van der Waals surface area (Å²) in [5.74, 6) is -0.0535. The van der Waals surface area contributed by atoms with Gasteiger partial charge in [-0.1, -0.05) is 80.6 Å². The highest BCUT2D eigenvalue weighted by molar-refractivity contribution is 7.99. The van der Waals surface area contributed by atoms with Gasteiger partial charge in [0.25, 0.3) is 0 Å². The van der Waals surface area contributed by atoms with E-state index in [0.29, 0.717) is 0 Å². The molecule has 1 N–H and O–H groups in total. The lowest BCUT2D eigenvalue weighted by Gasteiger charge is -2.41. The number of aryl methyl sites for hydroxylation is 1. The molecule has 0 heterocycles. The molecule has 0 bridgehead atoms. The molecule has 2 rings (SSSR count). The molecule has 2 atom stereocenters. The van der Waals surface area contributed by atoms with Crippen LogP contribution in [-0.2, 0) is 9.22 Å². The van der Waals surface area contributed by atoms with Gasteiger partial charge in [-0.05, 0) is 42.8 Å². The molecule has 28 heavy (non-hydrogen) atoms. The summed E-state index contributed by atoms with van der Waals surface area (Å²) in [6, 6.07) is 18.4. The highest BCUT2D eigenvalue weighted by Crippen LogP contribution is 2.42. The average Bonchev–Trinajstić information content (AvgIpc) is 2.60. The van der Waals surface area contributed by atoms with Crippen molar-refractivity contribution >= 4 is 26.0 Å². The number of hydrogen-bond acceptors (Lipinski definition) is 3. The van der Waals surface area contributed by atoms with E-state index < -0.39 is 8.32 Å². The normalized spacial score (nSPS) is 14.4. The molecule has 0 unspecified atom stereocenters. The van der Waals surface area contributed by atoms with Gasteiger partial charge in [0.2, 0.25) is 5.91 Å². The minimum Gasteiger partial charge on any atom is -0.402 e. The van der Waals surface area contributed by atoms with Gasteiger partial charge in [-0.2, -0.15) is 0 Å². The minimum atomic E-state index is -2.05. The molecular weight excluding hydrogens is 382 g/mol. The first-order valence-corrected chi connectivity index (χ1v) is 13.5. The van der Waals surface area contributed by atoms with E-state index in [2.05, 4.69) is 82.5 Å². The van der Waals surface area contributed by atoms with Crippen LogP contribution in [0.3, 0.4) is 0 Å². The molecular formula is C23H33NO2SSi. The van der Waals surface area contributed by atoms with Gasteiger partial charge >= 0.3 is 0 Å². The van der Waals surface area contributed by atoms with Gasteiger partial charge < -0.3 is 9.74 Å². The minimum absolute atomic E-state index is 0.0535. The zero-order valence-electron chi connectivity index (χ0n) is 18.1. The largest absolute Gasteiger partial charge is 0.402 e. The summed E-state index contributed by atoms with van der Waals surface area (Å²) in [5.41, 5.74) is 2.07. The Labute approximate surface area is 175 Å². The van der Waals surface area contributed by atoms with Crippen molar-refractivity contribution in [2.24, 2.45) is 0 Å². The zero-order valence-corrected chi connectivity index (χ0v) is 19.9. The third kappa shape index (κ3) is 6.22. The smallest absolute Gasteiger partial charge is 0.217 e. The second-order valence-electron chi connectivity index (χ2n) is 8.77. The van der Waals surface area contributed by atoms with Crippen LogP contribution in [0.5, 0.6) is 0 Å². The molecule has 3 nitrogen and oxygen atoms in total. The standard InChI is InChI=1S/C23H33NO2SSi/c1-17-13-15-20(16-14-17)27-22(26-28(6,7)23(3,4)5)21(24-18(2)25)19-11-9-8-10-12-19/h8-16,21-22H,1-7H3,(H,24,25)/t21-,22-/m1/s1. The predicted molar refractivity (Wildman–Crippen MR) is 122 cm³/mol. The first-order chi connectivity index (χ1) is 13.0. The van der Waals surface area contributed by atoms with Gasteiger partial charge in [0.05, 0.1) is 6.04 Å². The van der Waals surface area contributed by atoms with Crippen LogP contribution < -0.4 is 5.32 Å². The molecule has 0 radical (unpaired) electrons. The molecule has 0 spiro atoms. The number of nitrogens with one attached hydrogen (secondary N) is 1. The Morgan fingerprint density at radius 1 is 1.04 bits per heavy atom. The number of thioether (sulfide) groups is 1. The Balaban J connectivity index is 2.43. The van der Waals surface area contributed by atoms with Crippen LogP contribution in [0.4, 0.5) is 0 Å². The maximum Gasteiger partial charge on any atom is 0.217 e. The van der Waals surface area contributed by atoms with E-state index in [9.17, 15) is 4.79 Å². The van der Waals surface area contributed by atoms with Gasteiger partial charge in [0, 0.05) is 11.8 Å². The van der Waals surface area contributed by atoms with Crippen molar-refractivity contribution in [2.75, 3.05) is 0 Å². The quantitative estimate of drug-likeness (QED) is 0.327. The Morgan fingerprint density at radius 2 is 1.61 bits per heavy atom. The Morgan fingerprint density at radius 3 is 2.11 bits per heavy atom. The fraction of sp³-hybridized carbons (Fsp3) is 0.435. The molecule has 0 aliphatic rings. The van der Waals surface area contributed by atoms with Gasteiger partial charge in [0.1, 0.15) is 5.44 Å². The van der Waals surface area contributed by atoms with E-state index in [1.807, 2.05) is 18.2 Å². The second kappa shape index (κ2) is 9.29. The van der Waals surface area contributed by atoms with Gasteiger partial charge in [0.15, 0.2) is 8.32 Å². The molecule has 0 saturated carbocycles. The second-order valence-corrected chi connectivity index (χ2v) is 14.7. The summed E-state index contributed by atoms with van der Waals surface area (Å²) in [6.07, 6.45) is 0. The number of carbonyl (C=O) groups excluding carboxylic acids is 1. The molecule has 0 aliphatic carbocycles. The Bertz CT molecular complexity index is 769. The van der Waals surface area contributed by atoms with Crippen LogP contribution in [0.1, 0.15) is 44.9 Å². The van der Waals surface area contributed by atoms with Crippen LogP contribution in [0.2, 0.25) is 18.1 Å². The molecule has 2 aromatic carbocycles. The van der Waals surface area contributed by atoms with Gasteiger partial charge in [-0.3, -0.25) is 4.79 Å². The maximum absolute atomic E-state index is 12.0. The van der Waals surface area contributed by atoms with Crippen LogP contribution in [0, 0.1) is 6.92 Å². The van der Waals surface area contributed by atoms with E-state index in [0.717, 1.165) is 10.5 Å². The zero-order chi connectivity index (χ0) is 20.9. The SMILES string of the molecule is CC(=O)N[C@H](c1ccccc1)[C@H](O[Si](C)(C)C(C)(C)C)Sc1ccc(C)cc1. The monoisotopic (exact) mass is 415 g/mol. The predicted octanol–water partition coefficient (Wildman–Crippen LogP) is 6.31. The number of amides is 1. The number of hydrogen-bond donors (Lipinski definition) is 1. The van der Waals surface area contributed by atoms with Crippen LogP contribution in [0.25, 0.3) is 0 Å². The highest BCUT2D eigenvalue weighted by Gasteiger charge is 2.41. The summed E-state index contributed by atoms with van der Waals surface area (Å²) in [7, 11) is -2.05. The molecule has 1 amide bonds. The number of carbonyl (C=O) groups is 1. The molecule has 152 valence electrons. The van der Waals surface area contributed by atoms with E-state index >= 15 is 0 Å². The first kappa shape index (κ1) is 22.7. The lowest BCUT2D eigenvalue weighted by atomic mass is 10.1. The van der Waals surface area contributed by atoms with E-state index in [1.165, 1.54) is 5.56 Å². The van der Waals surface area contributed by atoms with Crippen LogP contribution in [0.15, 0.2) is 59.5 Å². The van der Waals surface area contributed by atoms with Crippen molar-refractivity contribution in [3.05, 3.63) is 65.7 Å². The van der Waals surface area contributed by atoms with Gasteiger partial charge in [-0.25, -0.2) is 0 Å². The molecule has 0 aromatic heterocycles. The Hall–Kier alpha value is -1.56. The summed E-state index contributed by atoms with van der Waals surface area (Å²) in [4.78, 5) is 13.2. The molecule has 2 aromatic rings. The third-order valence-corrected chi connectivity index (χ3v) is 11.1.